The van der Waals surface area contributed by atoms with Crippen LogP contribution in [0.3, 0.4) is 0 Å². The predicted molar refractivity (Wildman–Crippen MR) is 127 cm³/mol. The van der Waals surface area contributed by atoms with E-state index in [4.69, 9.17) is 9.72 Å². The lowest BCUT2D eigenvalue weighted by molar-refractivity contribution is -0.121. The highest BCUT2D eigenvalue weighted by molar-refractivity contribution is 7.99. The number of nitrogens with zero attached hydrogens (tertiary/aromatic N) is 4. The lowest BCUT2D eigenvalue weighted by atomic mass is 10.2. The van der Waals surface area contributed by atoms with Crippen molar-refractivity contribution in [2.24, 2.45) is 0 Å². The molecule has 3 heterocycles. The summed E-state index contributed by atoms with van der Waals surface area (Å²) in [5.74, 6) is 1.26. The Morgan fingerprint density at radius 3 is 2.91 bits per heavy atom. The van der Waals surface area contributed by atoms with Crippen LogP contribution >= 0.6 is 11.8 Å². The van der Waals surface area contributed by atoms with E-state index in [0.717, 1.165) is 22.6 Å². The molecule has 1 aliphatic rings. The number of rotatable bonds is 6. The molecule has 1 unspecified atom stereocenters. The smallest absolute Gasteiger partial charge is 0.265 e. The number of methoxy groups -OCH3 is 1. The van der Waals surface area contributed by atoms with Crippen molar-refractivity contribution < 1.29 is 9.53 Å². The molecule has 0 aliphatic carbocycles. The van der Waals surface area contributed by atoms with E-state index in [-0.39, 0.29) is 23.9 Å². The maximum atomic E-state index is 13.3. The van der Waals surface area contributed by atoms with Gasteiger partial charge in [-0.05, 0) is 36.2 Å². The molecule has 9 heteroatoms. The van der Waals surface area contributed by atoms with Gasteiger partial charge in [0, 0.05) is 18.7 Å². The van der Waals surface area contributed by atoms with E-state index in [9.17, 15) is 9.59 Å². The molecule has 1 atom stereocenters. The summed E-state index contributed by atoms with van der Waals surface area (Å²) in [6.07, 6.45) is 1.77. The average molecular weight is 462 g/mol. The van der Waals surface area contributed by atoms with E-state index in [2.05, 4.69) is 10.4 Å². The summed E-state index contributed by atoms with van der Waals surface area (Å²) in [6, 6.07) is 15.2. The van der Waals surface area contributed by atoms with Crippen LogP contribution in [0.15, 0.2) is 64.7 Å². The molecule has 0 bridgehead atoms. The molecule has 2 aromatic heterocycles. The number of carbonyl (C=O) groups is 1. The molecule has 4 aromatic rings. The van der Waals surface area contributed by atoms with Crippen molar-refractivity contribution in [2.45, 2.75) is 31.1 Å². The minimum Gasteiger partial charge on any atom is -0.497 e. The summed E-state index contributed by atoms with van der Waals surface area (Å²) >= 11 is 1.49. The van der Waals surface area contributed by atoms with Gasteiger partial charge in [-0.1, -0.05) is 42.1 Å². The molecular weight excluding hydrogens is 438 g/mol. The summed E-state index contributed by atoms with van der Waals surface area (Å²) < 4.78 is 8.58. The van der Waals surface area contributed by atoms with Crippen molar-refractivity contribution in [3.8, 4) is 11.4 Å². The van der Waals surface area contributed by atoms with Crippen molar-refractivity contribution in [3.63, 3.8) is 0 Å². The third-order valence-electron chi connectivity index (χ3n) is 5.76. The Hall–Kier alpha value is -3.59. The summed E-state index contributed by atoms with van der Waals surface area (Å²) in [7, 11) is 1.61. The Bertz CT molecular complexity index is 1410. The molecule has 0 saturated carbocycles. The number of aryl methyl sites for hydroxylation is 1. The maximum absolute atomic E-state index is 13.3. The topological polar surface area (TPSA) is 91.0 Å². The molecule has 1 aliphatic heterocycles. The maximum Gasteiger partial charge on any atom is 0.265 e. The van der Waals surface area contributed by atoms with Gasteiger partial charge in [0.15, 0.2) is 10.8 Å². The monoisotopic (exact) mass is 461 g/mol. The van der Waals surface area contributed by atoms with Crippen molar-refractivity contribution in [2.75, 3.05) is 12.9 Å². The van der Waals surface area contributed by atoms with Gasteiger partial charge in [-0.25, -0.2) is 9.67 Å². The number of hydrogen-bond donors (Lipinski definition) is 1. The number of benzene rings is 2. The third kappa shape index (κ3) is 4.00. The molecule has 168 valence electrons. The van der Waals surface area contributed by atoms with Crippen LogP contribution in [0.5, 0.6) is 5.75 Å². The summed E-state index contributed by atoms with van der Waals surface area (Å²) in [5.41, 5.74) is 3.26. The SMILES string of the molecule is COc1cccc(CNC(=O)CC2CSc3nc4c(cnn4-c4ccccc4C)c(=O)n32)c1. The van der Waals surface area contributed by atoms with Crippen molar-refractivity contribution >= 4 is 28.7 Å². The molecule has 5 rings (SSSR count). The second-order valence-corrected chi connectivity index (χ2v) is 8.93. The van der Waals surface area contributed by atoms with Crippen LogP contribution in [0.1, 0.15) is 23.6 Å². The second-order valence-electron chi connectivity index (χ2n) is 7.95. The van der Waals surface area contributed by atoms with Crippen LogP contribution in [-0.4, -0.2) is 38.1 Å². The quantitative estimate of drug-likeness (QED) is 0.443. The van der Waals surface area contributed by atoms with Crippen LogP contribution < -0.4 is 15.6 Å². The van der Waals surface area contributed by atoms with E-state index in [1.54, 1.807) is 22.6 Å². The molecule has 1 N–H and O–H groups in total. The van der Waals surface area contributed by atoms with Gasteiger partial charge in [-0.3, -0.25) is 14.2 Å². The number of hydrogen-bond acceptors (Lipinski definition) is 6. The van der Waals surface area contributed by atoms with E-state index in [1.807, 2.05) is 55.5 Å². The van der Waals surface area contributed by atoms with Crippen LogP contribution in [0.25, 0.3) is 16.7 Å². The fourth-order valence-electron chi connectivity index (χ4n) is 4.03. The van der Waals surface area contributed by atoms with Gasteiger partial charge in [-0.2, -0.15) is 5.10 Å². The highest BCUT2D eigenvalue weighted by atomic mass is 32.2. The summed E-state index contributed by atoms with van der Waals surface area (Å²) in [5, 5.41) is 8.44. The van der Waals surface area contributed by atoms with Gasteiger partial charge in [0.25, 0.3) is 5.56 Å². The first-order valence-electron chi connectivity index (χ1n) is 10.6. The van der Waals surface area contributed by atoms with Crippen molar-refractivity contribution in [1.29, 1.82) is 0 Å². The van der Waals surface area contributed by atoms with Gasteiger partial charge in [0.1, 0.15) is 11.1 Å². The van der Waals surface area contributed by atoms with Crippen molar-refractivity contribution in [3.05, 3.63) is 76.2 Å². The molecule has 0 spiro atoms. The number of amides is 1. The number of aromatic nitrogens is 4. The Morgan fingerprint density at radius 1 is 1.24 bits per heavy atom. The lowest BCUT2D eigenvalue weighted by Gasteiger charge is -2.14. The van der Waals surface area contributed by atoms with E-state index in [0.29, 0.717) is 28.5 Å². The molecule has 33 heavy (non-hydrogen) atoms. The summed E-state index contributed by atoms with van der Waals surface area (Å²) in [6.45, 7) is 2.40. The number of nitrogens with one attached hydrogen (secondary N) is 1. The second kappa shape index (κ2) is 8.74. The lowest BCUT2D eigenvalue weighted by Crippen LogP contribution is -2.30. The van der Waals surface area contributed by atoms with Crippen LogP contribution in [-0.2, 0) is 11.3 Å². The first kappa shape index (κ1) is 21.3. The molecular formula is C24H23N5O3S. The zero-order valence-corrected chi connectivity index (χ0v) is 19.1. The fourth-order valence-corrected chi connectivity index (χ4v) is 5.16. The first-order chi connectivity index (χ1) is 16.0. The van der Waals surface area contributed by atoms with E-state index < -0.39 is 0 Å². The molecule has 0 radical (unpaired) electrons. The minimum absolute atomic E-state index is 0.112. The summed E-state index contributed by atoms with van der Waals surface area (Å²) in [4.78, 5) is 30.7. The Morgan fingerprint density at radius 2 is 2.09 bits per heavy atom. The molecule has 1 amide bonds. The Balaban J connectivity index is 1.37. The molecule has 8 nitrogen and oxygen atoms in total. The number of thioether (sulfide) groups is 1. The number of ether oxygens (including phenoxy) is 1. The predicted octanol–water partition coefficient (Wildman–Crippen LogP) is 3.25. The highest BCUT2D eigenvalue weighted by Crippen LogP contribution is 2.33. The van der Waals surface area contributed by atoms with E-state index >= 15 is 0 Å². The standard InChI is InChI=1S/C24H23N5O3S/c1-15-6-3-4-9-20(15)29-22-19(13-26-29)23(31)28-17(14-33-24(28)27-22)11-21(30)25-12-16-7-5-8-18(10-16)32-2/h3-10,13,17H,11-12,14H2,1-2H3,(H,25,30). The molecule has 0 fully saturated rings. The van der Waals surface area contributed by atoms with Crippen LogP contribution in [0, 0.1) is 6.92 Å². The normalized spacial score (nSPS) is 14.9. The zero-order valence-electron chi connectivity index (χ0n) is 18.3. The van der Waals surface area contributed by atoms with Gasteiger partial charge >= 0.3 is 0 Å². The number of fused-ring (bicyclic) bond motifs is 2. The largest absolute Gasteiger partial charge is 0.497 e. The molecule has 0 saturated heterocycles. The minimum atomic E-state index is -0.249. The van der Waals surface area contributed by atoms with Crippen molar-refractivity contribution in [1.82, 2.24) is 24.6 Å². The number of carbonyl (C=O) groups excluding carboxylic acids is 1. The third-order valence-corrected chi connectivity index (χ3v) is 6.86. The van der Waals surface area contributed by atoms with Gasteiger partial charge in [0.2, 0.25) is 5.91 Å². The van der Waals surface area contributed by atoms with Crippen LogP contribution in [0.4, 0.5) is 0 Å². The Labute approximate surface area is 194 Å². The fraction of sp³-hybridized carbons (Fsp3) is 0.250. The Kier molecular flexibility index (Phi) is 5.63. The van der Waals surface area contributed by atoms with Gasteiger partial charge in [-0.15, -0.1) is 0 Å². The van der Waals surface area contributed by atoms with Gasteiger partial charge < -0.3 is 10.1 Å². The van der Waals surface area contributed by atoms with Crippen LogP contribution in [0.2, 0.25) is 0 Å². The van der Waals surface area contributed by atoms with E-state index in [1.165, 1.54) is 11.8 Å². The highest BCUT2D eigenvalue weighted by Gasteiger charge is 2.29. The average Bonchev–Trinajstić information content (AvgIpc) is 3.43. The number of para-hydroxylation sites is 1. The zero-order chi connectivity index (χ0) is 22.9. The first-order valence-corrected chi connectivity index (χ1v) is 11.6. The van der Waals surface area contributed by atoms with Gasteiger partial charge in [0.05, 0.1) is 25.0 Å². The molecule has 2 aromatic carbocycles.